The number of aromatic nitrogens is 2. The second kappa shape index (κ2) is 6.21. The molecule has 0 unspecified atom stereocenters. The van der Waals surface area contributed by atoms with Crippen LogP contribution in [0.1, 0.15) is 22.5 Å². The van der Waals surface area contributed by atoms with E-state index in [4.69, 9.17) is 11.5 Å². The van der Waals surface area contributed by atoms with Gasteiger partial charge >= 0.3 is 0 Å². The van der Waals surface area contributed by atoms with Crippen LogP contribution in [-0.4, -0.2) is 22.6 Å². The summed E-state index contributed by atoms with van der Waals surface area (Å²) in [5.74, 6) is -0.553. The highest BCUT2D eigenvalue weighted by molar-refractivity contribution is 7.08. The average molecular weight is 312 g/mol. The molecular formula is C16H16N4OS. The molecule has 0 saturated heterocycles. The number of carbonyl (C=O) groups is 1. The highest BCUT2D eigenvalue weighted by Gasteiger charge is 2.16. The quantitative estimate of drug-likeness (QED) is 0.756. The van der Waals surface area contributed by atoms with Crippen LogP contribution in [0.3, 0.4) is 0 Å². The number of hydrogen-bond donors (Lipinski definition) is 2. The Morgan fingerprint density at radius 3 is 2.77 bits per heavy atom. The van der Waals surface area contributed by atoms with Gasteiger partial charge in [0.15, 0.2) is 5.69 Å². The zero-order chi connectivity index (χ0) is 15.5. The molecule has 1 aromatic carbocycles. The molecule has 0 aliphatic heterocycles. The lowest BCUT2D eigenvalue weighted by Crippen LogP contribution is -2.18. The summed E-state index contributed by atoms with van der Waals surface area (Å²) >= 11 is 1.63. The van der Waals surface area contributed by atoms with E-state index in [1.54, 1.807) is 11.3 Å². The number of nitrogens with two attached hydrogens (primary N) is 2. The molecular weight excluding hydrogens is 296 g/mol. The van der Waals surface area contributed by atoms with Crippen molar-refractivity contribution in [2.45, 2.75) is 12.8 Å². The van der Waals surface area contributed by atoms with Gasteiger partial charge in [-0.2, -0.15) is 11.3 Å². The first-order valence-corrected chi connectivity index (χ1v) is 7.97. The number of amides is 1. The molecule has 3 rings (SSSR count). The van der Waals surface area contributed by atoms with Crippen LogP contribution in [0.4, 0.5) is 0 Å². The van der Waals surface area contributed by atoms with E-state index in [0.29, 0.717) is 13.0 Å². The third kappa shape index (κ3) is 2.58. The van der Waals surface area contributed by atoms with Crippen molar-refractivity contribution in [1.82, 2.24) is 10.2 Å². The van der Waals surface area contributed by atoms with E-state index in [-0.39, 0.29) is 5.69 Å². The molecule has 5 nitrogen and oxygen atoms in total. The maximum Gasteiger partial charge on any atom is 0.269 e. The molecule has 0 spiro atoms. The summed E-state index contributed by atoms with van der Waals surface area (Å²) < 4.78 is 0. The maximum atomic E-state index is 11.6. The number of thiophene rings is 1. The molecule has 0 atom stereocenters. The number of aryl methyl sites for hydroxylation is 1. The molecule has 0 bridgehead atoms. The Labute approximate surface area is 132 Å². The largest absolute Gasteiger partial charge is 0.364 e. The topological polar surface area (TPSA) is 94.9 Å². The SMILES string of the molecule is NCCCc1c(C(N)=O)nnc2c(-c3ccsc3)cccc12. The Kier molecular flexibility index (Phi) is 4.13. The number of benzene rings is 1. The minimum Gasteiger partial charge on any atom is -0.364 e. The molecule has 4 N–H and O–H groups in total. The number of rotatable bonds is 5. The van der Waals surface area contributed by atoms with Gasteiger partial charge < -0.3 is 11.5 Å². The minimum absolute atomic E-state index is 0.239. The van der Waals surface area contributed by atoms with Crippen molar-refractivity contribution in [3.05, 3.63) is 46.3 Å². The molecule has 112 valence electrons. The summed E-state index contributed by atoms with van der Waals surface area (Å²) in [6.07, 6.45) is 1.43. The van der Waals surface area contributed by atoms with Crippen molar-refractivity contribution >= 4 is 28.1 Å². The third-order valence-corrected chi connectivity index (χ3v) is 4.28. The van der Waals surface area contributed by atoms with Gasteiger partial charge in [-0.25, -0.2) is 0 Å². The van der Waals surface area contributed by atoms with Crippen molar-refractivity contribution < 1.29 is 4.79 Å². The summed E-state index contributed by atoms with van der Waals surface area (Å²) in [6, 6.07) is 7.98. The van der Waals surface area contributed by atoms with Crippen molar-refractivity contribution in [3.63, 3.8) is 0 Å². The second-order valence-electron chi connectivity index (χ2n) is 5.00. The van der Waals surface area contributed by atoms with Gasteiger partial charge in [-0.1, -0.05) is 18.2 Å². The number of primary amides is 1. The standard InChI is InChI=1S/C16H16N4OS/c17-7-2-5-13-12-4-1-3-11(10-6-8-22-9-10)14(12)19-20-15(13)16(18)21/h1,3-4,6,8-9H,2,5,7,17H2,(H2,18,21). The fourth-order valence-electron chi connectivity index (χ4n) is 2.56. The lowest BCUT2D eigenvalue weighted by Gasteiger charge is -2.11. The van der Waals surface area contributed by atoms with Crippen LogP contribution in [-0.2, 0) is 6.42 Å². The predicted octanol–water partition coefficient (Wildman–Crippen LogP) is 2.35. The summed E-state index contributed by atoms with van der Waals surface area (Å²) in [5, 5.41) is 13.3. The van der Waals surface area contributed by atoms with E-state index in [0.717, 1.165) is 34.0 Å². The Morgan fingerprint density at radius 2 is 2.09 bits per heavy atom. The van der Waals surface area contributed by atoms with Crippen LogP contribution in [0.25, 0.3) is 22.0 Å². The first kappa shape index (κ1) is 14.6. The monoisotopic (exact) mass is 312 g/mol. The van der Waals surface area contributed by atoms with E-state index in [1.165, 1.54) is 0 Å². The van der Waals surface area contributed by atoms with Crippen LogP contribution >= 0.6 is 11.3 Å². The molecule has 3 aromatic rings. The van der Waals surface area contributed by atoms with E-state index in [9.17, 15) is 4.79 Å². The van der Waals surface area contributed by atoms with Crippen molar-refractivity contribution in [1.29, 1.82) is 0 Å². The molecule has 0 aliphatic carbocycles. The number of hydrogen-bond acceptors (Lipinski definition) is 5. The van der Waals surface area contributed by atoms with Crippen molar-refractivity contribution in [3.8, 4) is 11.1 Å². The van der Waals surface area contributed by atoms with Gasteiger partial charge in [-0.3, -0.25) is 4.79 Å². The van der Waals surface area contributed by atoms with Gasteiger partial charge in [0.1, 0.15) is 5.52 Å². The van der Waals surface area contributed by atoms with Crippen molar-refractivity contribution in [2.24, 2.45) is 11.5 Å². The summed E-state index contributed by atoms with van der Waals surface area (Å²) in [6.45, 7) is 0.548. The molecule has 0 saturated carbocycles. The van der Waals surface area contributed by atoms with Gasteiger partial charge in [0, 0.05) is 10.9 Å². The van der Waals surface area contributed by atoms with E-state index in [2.05, 4.69) is 15.6 Å². The fourth-order valence-corrected chi connectivity index (χ4v) is 3.22. The Bertz CT molecular complexity index is 814. The maximum absolute atomic E-state index is 11.6. The van der Waals surface area contributed by atoms with E-state index >= 15 is 0 Å². The predicted molar refractivity (Wildman–Crippen MR) is 88.7 cm³/mol. The Morgan fingerprint density at radius 1 is 1.23 bits per heavy atom. The number of nitrogens with zero attached hydrogens (tertiary/aromatic N) is 2. The fraction of sp³-hybridized carbons (Fsp3) is 0.188. The Balaban J connectivity index is 2.26. The van der Waals surface area contributed by atoms with E-state index in [1.807, 2.05) is 29.6 Å². The van der Waals surface area contributed by atoms with Gasteiger partial charge in [-0.05, 0) is 47.3 Å². The number of fused-ring (bicyclic) bond motifs is 1. The van der Waals surface area contributed by atoms with Crippen LogP contribution < -0.4 is 11.5 Å². The molecule has 0 radical (unpaired) electrons. The molecule has 22 heavy (non-hydrogen) atoms. The molecule has 2 heterocycles. The second-order valence-corrected chi connectivity index (χ2v) is 5.78. The third-order valence-electron chi connectivity index (χ3n) is 3.59. The zero-order valence-electron chi connectivity index (χ0n) is 12.0. The summed E-state index contributed by atoms with van der Waals surface area (Å²) in [5.41, 5.74) is 15.0. The zero-order valence-corrected chi connectivity index (χ0v) is 12.8. The highest BCUT2D eigenvalue weighted by Crippen LogP contribution is 2.31. The Hall–Kier alpha value is -2.31. The molecule has 0 fully saturated rings. The minimum atomic E-state index is -0.553. The van der Waals surface area contributed by atoms with Crippen LogP contribution in [0.2, 0.25) is 0 Å². The highest BCUT2D eigenvalue weighted by atomic mass is 32.1. The average Bonchev–Trinajstić information content (AvgIpc) is 3.05. The summed E-state index contributed by atoms with van der Waals surface area (Å²) in [7, 11) is 0. The normalized spacial score (nSPS) is 11.0. The van der Waals surface area contributed by atoms with Gasteiger partial charge in [-0.15, -0.1) is 10.2 Å². The van der Waals surface area contributed by atoms with Crippen LogP contribution in [0.15, 0.2) is 35.0 Å². The van der Waals surface area contributed by atoms with Gasteiger partial charge in [0.05, 0.1) is 0 Å². The van der Waals surface area contributed by atoms with Gasteiger partial charge in [0.25, 0.3) is 5.91 Å². The molecule has 1 amide bonds. The van der Waals surface area contributed by atoms with E-state index < -0.39 is 5.91 Å². The first-order valence-electron chi connectivity index (χ1n) is 7.03. The summed E-state index contributed by atoms with van der Waals surface area (Å²) in [4.78, 5) is 11.6. The van der Waals surface area contributed by atoms with Crippen LogP contribution in [0, 0.1) is 0 Å². The molecule has 6 heteroatoms. The van der Waals surface area contributed by atoms with Crippen molar-refractivity contribution in [2.75, 3.05) is 6.54 Å². The first-order chi connectivity index (χ1) is 10.7. The lowest BCUT2D eigenvalue weighted by atomic mass is 9.98. The number of carbonyl (C=O) groups excluding carboxylic acids is 1. The van der Waals surface area contributed by atoms with Crippen LogP contribution in [0.5, 0.6) is 0 Å². The smallest absolute Gasteiger partial charge is 0.269 e. The molecule has 0 aliphatic rings. The lowest BCUT2D eigenvalue weighted by molar-refractivity contribution is 0.0994. The van der Waals surface area contributed by atoms with Gasteiger partial charge in [0.2, 0.25) is 0 Å². The molecule has 2 aromatic heterocycles.